The number of aliphatic hydroxyl groups excluding tert-OH is 1. The van der Waals surface area contributed by atoms with Gasteiger partial charge in [-0.25, -0.2) is 14.8 Å². The second kappa shape index (κ2) is 11.6. The molecule has 0 unspecified atom stereocenters. The number of nitriles is 1. The molecule has 4 heterocycles. The molecule has 2 fully saturated rings. The van der Waals surface area contributed by atoms with Crippen molar-refractivity contribution in [1.82, 2.24) is 28.9 Å². The summed E-state index contributed by atoms with van der Waals surface area (Å²) < 4.78 is 8.91. The lowest BCUT2D eigenvalue weighted by atomic mass is 9.94. The average molecular weight is 595 g/mol. The highest BCUT2D eigenvalue weighted by molar-refractivity contribution is 5.97. The lowest BCUT2D eigenvalue weighted by Crippen LogP contribution is -2.59. The number of benzene rings is 2. The molecule has 2 aliphatic rings. The van der Waals surface area contributed by atoms with Gasteiger partial charge in [-0.2, -0.15) is 5.26 Å². The molecule has 6 rings (SSSR count). The zero-order chi connectivity index (χ0) is 31.0. The van der Waals surface area contributed by atoms with E-state index in [-0.39, 0.29) is 35.6 Å². The molecule has 3 N–H and O–H groups in total. The third-order valence-corrected chi connectivity index (χ3v) is 8.36. The van der Waals surface area contributed by atoms with Gasteiger partial charge < -0.3 is 20.5 Å². The van der Waals surface area contributed by atoms with Crippen LogP contribution >= 0.6 is 0 Å². The summed E-state index contributed by atoms with van der Waals surface area (Å²) in [6, 6.07) is 18.2. The zero-order valence-electron chi connectivity index (χ0n) is 24.6. The van der Waals surface area contributed by atoms with Crippen LogP contribution in [0, 0.1) is 11.3 Å². The number of rotatable bonds is 8. The molecule has 2 aliphatic heterocycles. The number of carbonyl (C=O) groups excluding carboxylic acids is 1. The van der Waals surface area contributed by atoms with E-state index in [0.717, 1.165) is 6.42 Å². The maximum Gasteiger partial charge on any atom is 0.335 e. The Morgan fingerprint density at radius 2 is 1.84 bits per heavy atom. The van der Waals surface area contributed by atoms with E-state index in [1.807, 2.05) is 49.1 Å². The molecule has 2 aromatic carbocycles. The first kappa shape index (κ1) is 29.1. The Morgan fingerprint density at radius 1 is 1.14 bits per heavy atom. The Labute approximate surface area is 254 Å². The Bertz CT molecular complexity index is 1820. The van der Waals surface area contributed by atoms with Crippen molar-refractivity contribution < 1.29 is 14.6 Å². The number of amides is 1. The summed E-state index contributed by atoms with van der Waals surface area (Å²) in [4.78, 5) is 39.9. The molecule has 0 spiro atoms. The average Bonchev–Trinajstić information content (AvgIpc) is 3.58. The topological polar surface area (TPSA) is 156 Å². The van der Waals surface area contributed by atoms with Crippen LogP contribution in [0.4, 0.5) is 5.82 Å². The largest absolute Gasteiger partial charge is 0.457 e. The molecule has 0 saturated carbocycles. The third-order valence-electron chi connectivity index (χ3n) is 8.36. The van der Waals surface area contributed by atoms with Crippen LogP contribution in [-0.2, 0) is 11.3 Å². The summed E-state index contributed by atoms with van der Waals surface area (Å²) in [6.45, 7) is 5.47. The van der Waals surface area contributed by atoms with Gasteiger partial charge in [-0.3, -0.25) is 18.8 Å². The van der Waals surface area contributed by atoms with Gasteiger partial charge in [0.05, 0.1) is 17.8 Å². The van der Waals surface area contributed by atoms with Crippen molar-refractivity contribution in [3.05, 3.63) is 83.1 Å². The Hall–Kier alpha value is -4.99. The van der Waals surface area contributed by atoms with Crippen molar-refractivity contribution in [2.45, 2.75) is 50.9 Å². The smallest absolute Gasteiger partial charge is 0.335 e. The quantitative estimate of drug-likeness (QED) is 0.231. The molecule has 12 nitrogen and oxygen atoms in total. The van der Waals surface area contributed by atoms with Crippen LogP contribution in [0.3, 0.4) is 0 Å². The number of fused-ring (bicyclic) bond motifs is 1. The molecule has 0 bridgehead atoms. The van der Waals surface area contributed by atoms with E-state index >= 15 is 0 Å². The lowest BCUT2D eigenvalue weighted by Gasteiger charge is -2.46. The number of hydrogen-bond donors (Lipinski definition) is 2. The van der Waals surface area contributed by atoms with Crippen molar-refractivity contribution in [2.24, 2.45) is 0 Å². The minimum absolute atomic E-state index is 0.0439. The minimum Gasteiger partial charge on any atom is -0.457 e. The number of carbonyl (C=O) groups is 1. The van der Waals surface area contributed by atoms with E-state index in [9.17, 15) is 20.0 Å². The first-order chi connectivity index (χ1) is 21.2. The monoisotopic (exact) mass is 594 g/mol. The molecular weight excluding hydrogens is 560 g/mol. The van der Waals surface area contributed by atoms with Crippen LogP contribution in [-0.4, -0.2) is 77.2 Å². The predicted octanol–water partition coefficient (Wildman–Crippen LogP) is 2.85. The minimum atomic E-state index is -0.574. The molecule has 226 valence electrons. The highest BCUT2D eigenvalue weighted by Crippen LogP contribution is 2.29. The SMILES string of the molecule is CC(C)(/C=C(/C#N)C(=O)N1CCC[C@H]1Cn1c(=O)n(-c2ccc(Oc3ccccc3)cc2)c2c(N)ncnc21)N1CC(O)C1. The number of nitrogen functional groups attached to an aromatic ring is 1. The van der Waals surface area contributed by atoms with Crippen LogP contribution in [0.25, 0.3) is 16.9 Å². The summed E-state index contributed by atoms with van der Waals surface area (Å²) in [6.07, 6.45) is 4.00. The van der Waals surface area contributed by atoms with E-state index in [2.05, 4.69) is 16.0 Å². The highest BCUT2D eigenvalue weighted by Gasteiger charge is 2.38. The highest BCUT2D eigenvalue weighted by atomic mass is 16.5. The molecule has 44 heavy (non-hydrogen) atoms. The van der Waals surface area contributed by atoms with Gasteiger partial charge in [0.25, 0.3) is 5.91 Å². The summed E-state index contributed by atoms with van der Waals surface area (Å²) in [5, 5.41) is 19.7. The van der Waals surface area contributed by atoms with E-state index in [1.165, 1.54) is 15.5 Å². The predicted molar refractivity (Wildman–Crippen MR) is 164 cm³/mol. The number of para-hydroxylation sites is 1. The molecular formula is C32H34N8O4. The van der Waals surface area contributed by atoms with Crippen molar-refractivity contribution in [1.29, 1.82) is 5.26 Å². The maximum atomic E-state index is 14.0. The van der Waals surface area contributed by atoms with Gasteiger partial charge in [-0.1, -0.05) is 18.2 Å². The summed E-state index contributed by atoms with van der Waals surface area (Å²) in [7, 11) is 0. The maximum absolute atomic E-state index is 14.0. The molecule has 0 aliphatic carbocycles. The fourth-order valence-electron chi connectivity index (χ4n) is 5.96. The molecule has 1 amide bonds. The van der Waals surface area contributed by atoms with Gasteiger partial charge in [0, 0.05) is 31.7 Å². The van der Waals surface area contributed by atoms with E-state index in [4.69, 9.17) is 10.5 Å². The number of nitrogens with zero attached hydrogens (tertiary/aromatic N) is 7. The normalized spacial score (nSPS) is 17.9. The standard InChI is InChI=1S/C32H34N8O4/c1-32(2,37-18-24(41)19-37)15-21(16-33)30(42)38-14-6-7-23(38)17-39-29-27(28(34)35-20-36-29)40(31(39)43)22-10-12-26(13-11-22)44-25-8-4-3-5-9-25/h3-5,8-13,15,20,23-24,41H,6-7,14,17-19H2,1-2H3,(H2,34,35,36)/b21-15-/t23-/m0/s1. The summed E-state index contributed by atoms with van der Waals surface area (Å²) >= 11 is 0. The number of hydrogen-bond acceptors (Lipinski definition) is 9. The second-order valence-electron chi connectivity index (χ2n) is 11.7. The zero-order valence-corrected chi connectivity index (χ0v) is 24.6. The molecule has 2 saturated heterocycles. The van der Waals surface area contributed by atoms with Crippen molar-refractivity contribution in [3.63, 3.8) is 0 Å². The molecule has 4 aromatic rings. The number of ether oxygens (including phenoxy) is 1. The molecule has 0 radical (unpaired) electrons. The van der Waals surface area contributed by atoms with Gasteiger partial charge in [0.15, 0.2) is 11.5 Å². The molecule has 12 heteroatoms. The Morgan fingerprint density at radius 3 is 2.52 bits per heavy atom. The van der Waals surface area contributed by atoms with Gasteiger partial charge in [-0.05, 0) is 69.2 Å². The van der Waals surface area contributed by atoms with E-state index in [0.29, 0.717) is 54.4 Å². The molecule has 2 aromatic heterocycles. The number of imidazole rings is 1. The van der Waals surface area contributed by atoms with Crippen molar-refractivity contribution in [2.75, 3.05) is 25.4 Å². The van der Waals surface area contributed by atoms with Gasteiger partial charge in [0.1, 0.15) is 35.0 Å². The number of anilines is 1. The number of nitrogens with two attached hydrogens (primary N) is 1. The first-order valence-corrected chi connectivity index (χ1v) is 14.6. The van der Waals surface area contributed by atoms with Gasteiger partial charge in [0.2, 0.25) is 0 Å². The van der Waals surface area contributed by atoms with E-state index in [1.54, 1.807) is 35.2 Å². The van der Waals surface area contributed by atoms with Crippen molar-refractivity contribution in [3.8, 4) is 23.3 Å². The lowest BCUT2D eigenvalue weighted by molar-refractivity contribution is -0.127. The van der Waals surface area contributed by atoms with Gasteiger partial charge in [-0.15, -0.1) is 0 Å². The van der Waals surface area contributed by atoms with Crippen LogP contribution in [0.15, 0.2) is 77.4 Å². The summed E-state index contributed by atoms with van der Waals surface area (Å²) in [5.41, 5.74) is 6.69. The first-order valence-electron chi connectivity index (χ1n) is 14.6. The van der Waals surface area contributed by atoms with Crippen molar-refractivity contribution >= 4 is 22.9 Å². The fraction of sp³-hybridized carbons (Fsp3) is 0.344. The molecule has 1 atom stereocenters. The number of likely N-dealkylation sites (tertiary alicyclic amines) is 2. The summed E-state index contributed by atoms with van der Waals surface area (Å²) in [5.74, 6) is 1.09. The third kappa shape index (κ3) is 5.43. The Balaban J connectivity index is 1.29. The van der Waals surface area contributed by atoms with Crippen LogP contribution in [0.2, 0.25) is 0 Å². The second-order valence-corrected chi connectivity index (χ2v) is 11.7. The number of aliphatic hydroxyl groups is 1. The number of β-amino-alcohol motifs (C(OH)–C–C–N with tert-alkyl or cyclic N) is 1. The van der Waals surface area contributed by atoms with Crippen LogP contribution in [0.5, 0.6) is 11.5 Å². The fourth-order valence-corrected chi connectivity index (χ4v) is 5.96. The number of aromatic nitrogens is 4. The van der Waals surface area contributed by atoms with Crippen LogP contribution < -0.4 is 16.2 Å². The van der Waals surface area contributed by atoms with Crippen LogP contribution in [0.1, 0.15) is 26.7 Å². The Kier molecular flexibility index (Phi) is 7.67. The van der Waals surface area contributed by atoms with E-state index < -0.39 is 11.6 Å². The van der Waals surface area contributed by atoms with Gasteiger partial charge >= 0.3 is 5.69 Å².